The van der Waals surface area contributed by atoms with Crippen LogP contribution in [-0.2, 0) is 29.1 Å². The average molecular weight is 635 g/mol. The number of aliphatic hydroxyl groups excluding tert-OH is 1. The second-order valence-corrected chi connectivity index (χ2v) is 12.7. The molecule has 3 fully saturated rings. The van der Waals surface area contributed by atoms with Gasteiger partial charge in [-0.15, -0.1) is 0 Å². The van der Waals surface area contributed by atoms with Gasteiger partial charge in [0.15, 0.2) is 0 Å². The van der Waals surface area contributed by atoms with E-state index in [-0.39, 0.29) is 34.9 Å². The van der Waals surface area contributed by atoms with Gasteiger partial charge in [0.1, 0.15) is 5.76 Å². The molecule has 0 saturated carbocycles. The molecule has 10 nitrogen and oxygen atoms in total. The Morgan fingerprint density at radius 1 is 0.875 bits per heavy atom. The lowest BCUT2D eigenvalue weighted by Crippen LogP contribution is -2.40. The van der Waals surface area contributed by atoms with Gasteiger partial charge in [-0.3, -0.25) is 14.5 Å². The summed E-state index contributed by atoms with van der Waals surface area (Å²) in [6, 6.07) is 12.3. The summed E-state index contributed by atoms with van der Waals surface area (Å²) in [4.78, 5) is 30.4. The van der Waals surface area contributed by atoms with Crippen LogP contribution in [0.5, 0.6) is 0 Å². The van der Waals surface area contributed by atoms with Crippen LogP contribution in [0.2, 0.25) is 0 Å². The largest absolute Gasteiger partial charge is 0.507 e. The highest BCUT2D eigenvalue weighted by atomic mass is 79.9. The minimum atomic E-state index is -3.72. The molecule has 0 bridgehead atoms. The molecule has 3 aliphatic rings. The van der Waals surface area contributed by atoms with Crippen LogP contribution in [0.4, 0.5) is 0 Å². The Kier molecular flexibility index (Phi) is 9.03. The molecule has 0 spiro atoms. The lowest BCUT2D eigenvalue weighted by molar-refractivity contribution is -0.140. The van der Waals surface area contributed by atoms with Crippen molar-refractivity contribution >= 4 is 43.4 Å². The summed E-state index contributed by atoms with van der Waals surface area (Å²) in [5.41, 5.74) is 0.943. The van der Waals surface area contributed by atoms with Gasteiger partial charge in [0.2, 0.25) is 10.0 Å². The van der Waals surface area contributed by atoms with Crippen LogP contribution in [0.1, 0.15) is 23.6 Å². The zero-order chi connectivity index (χ0) is 28.3. The van der Waals surface area contributed by atoms with E-state index in [1.54, 1.807) is 0 Å². The summed E-state index contributed by atoms with van der Waals surface area (Å²) in [6.45, 7) is 5.32. The smallest absolute Gasteiger partial charge is 0.295 e. The van der Waals surface area contributed by atoms with Crippen molar-refractivity contribution in [3.8, 4) is 0 Å². The second-order valence-electron chi connectivity index (χ2n) is 9.89. The van der Waals surface area contributed by atoms with Crippen molar-refractivity contribution in [1.82, 2.24) is 14.1 Å². The number of likely N-dealkylation sites (tertiary alicyclic amines) is 1. The molecule has 5 rings (SSSR count). The molecule has 0 aliphatic carbocycles. The molecule has 1 amide bonds. The number of amides is 1. The maximum Gasteiger partial charge on any atom is 0.295 e. The number of aliphatic hydroxyl groups is 1. The first kappa shape index (κ1) is 28.9. The molecule has 40 heavy (non-hydrogen) atoms. The van der Waals surface area contributed by atoms with Gasteiger partial charge in [-0.1, -0.05) is 28.1 Å². The molecule has 0 unspecified atom stereocenters. The van der Waals surface area contributed by atoms with Crippen molar-refractivity contribution in [1.29, 1.82) is 0 Å². The van der Waals surface area contributed by atoms with Gasteiger partial charge < -0.3 is 19.5 Å². The van der Waals surface area contributed by atoms with Gasteiger partial charge in [0.05, 0.1) is 42.9 Å². The van der Waals surface area contributed by atoms with Crippen molar-refractivity contribution in [2.45, 2.75) is 17.4 Å². The number of halogens is 1. The van der Waals surface area contributed by atoms with E-state index in [0.29, 0.717) is 45.0 Å². The number of nitrogens with zero attached hydrogens (tertiary/aromatic N) is 3. The van der Waals surface area contributed by atoms with Crippen LogP contribution >= 0.6 is 15.9 Å². The minimum absolute atomic E-state index is 0.0116. The van der Waals surface area contributed by atoms with Gasteiger partial charge in [-0.05, 0) is 48.4 Å². The predicted octanol–water partition coefficient (Wildman–Crippen LogP) is 2.61. The number of hydrogen-bond donors (Lipinski definition) is 1. The molecule has 214 valence electrons. The standard InChI is InChI=1S/C28H32BrN3O7S/c29-22-6-2-20(3-7-22)25-24(27(34)28(35)32(25)11-1-10-30-12-16-38-17-13-30)26(33)21-4-8-23(9-5-21)40(36,37)31-14-18-39-19-15-31/h2-9,25,33H,1,10-19H2/t25-/m1/s1. The van der Waals surface area contributed by atoms with Gasteiger partial charge in [-0.2, -0.15) is 4.31 Å². The second kappa shape index (κ2) is 12.5. The van der Waals surface area contributed by atoms with Crippen molar-refractivity contribution in [3.63, 3.8) is 0 Å². The number of benzene rings is 2. The molecule has 2 aromatic rings. The van der Waals surface area contributed by atoms with Crippen molar-refractivity contribution < 1.29 is 32.6 Å². The Labute approximate surface area is 242 Å². The highest BCUT2D eigenvalue weighted by Gasteiger charge is 2.45. The number of rotatable bonds is 8. The number of ether oxygens (including phenoxy) is 2. The Morgan fingerprint density at radius 2 is 1.48 bits per heavy atom. The summed E-state index contributed by atoms with van der Waals surface area (Å²) < 4.78 is 38.9. The Balaban J connectivity index is 1.44. The van der Waals surface area contributed by atoms with E-state index in [0.717, 1.165) is 24.1 Å². The fourth-order valence-electron chi connectivity index (χ4n) is 5.27. The van der Waals surface area contributed by atoms with Crippen molar-refractivity contribution in [2.75, 3.05) is 65.7 Å². The fraction of sp³-hybridized carbons (Fsp3) is 0.429. The third-order valence-corrected chi connectivity index (χ3v) is 9.88. The first-order valence-corrected chi connectivity index (χ1v) is 15.5. The van der Waals surface area contributed by atoms with E-state index in [2.05, 4.69) is 20.8 Å². The Morgan fingerprint density at radius 3 is 2.10 bits per heavy atom. The number of carbonyl (C=O) groups is 2. The molecule has 3 heterocycles. The Hall–Kier alpha value is -2.61. The lowest BCUT2D eigenvalue weighted by atomic mass is 9.95. The zero-order valence-corrected chi connectivity index (χ0v) is 24.4. The summed E-state index contributed by atoms with van der Waals surface area (Å²) in [5, 5.41) is 11.4. The molecule has 1 atom stereocenters. The number of Topliss-reactive ketones (excluding diaryl/α,β-unsaturated/α-hetero) is 1. The summed E-state index contributed by atoms with van der Waals surface area (Å²) >= 11 is 3.43. The fourth-order valence-corrected chi connectivity index (χ4v) is 6.94. The van der Waals surface area contributed by atoms with Crippen molar-refractivity contribution in [2.24, 2.45) is 0 Å². The number of ketones is 1. The van der Waals surface area contributed by atoms with Gasteiger partial charge >= 0.3 is 0 Å². The quantitative estimate of drug-likeness (QED) is 0.268. The topological polar surface area (TPSA) is 117 Å². The van der Waals surface area contributed by atoms with Crippen LogP contribution < -0.4 is 0 Å². The highest BCUT2D eigenvalue weighted by molar-refractivity contribution is 9.10. The average Bonchev–Trinajstić information content (AvgIpc) is 3.23. The van der Waals surface area contributed by atoms with E-state index in [1.807, 2.05) is 24.3 Å². The number of carbonyl (C=O) groups excluding carboxylic acids is 2. The number of hydrogen-bond acceptors (Lipinski definition) is 8. The van der Waals surface area contributed by atoms with Crippen LogP contribution in [0.3, 0.4) is 0 Å². The van der Waals surface area contributed by atoms with Crippen LogP contribution in [0.15, 0.2) is 63.5 Å². The van der Waals surface area contributed by atoms with E-state index >= 15 is 0 Å². The summed E-state index contributed by atoms with van der Waals surface area (Å²) in [7, 11) is -3.72. The third kappa shape index (κ3) is 6.02. The lowest BCUT2D eigenvalue weighted by Gasteiger charge is -2.29. The van der Waals surface area contributed by atoms with Gasteiger partial charge in [-0.25, -0.2) is 8.42 Å². The van der Waals surface area contributed by atoms with E-state index in [1.165, 1.54) is 33.5 Å². The summed E-state index contributed by atoms with van der Waals surface area (Å²) in [6.07, 6.45) is 0.661. The first-order chi connectivity index (χ1) is 19.3. The third-order valence-electron chi connectivity index (χ3n) is 7.44. The molecule has 3 saturated heterocycles. The summed E-state index contributed by atoms with van der Waals surface area (Å²) in [5.74, 6) is -1.76. The van der Waals surface area contributed by atoms with Crippen LogP contribution in [0.25, 0.3) is 5.76 Å². The molecular formula is C28H32BrN3O7S. The van der Waals surface area contributed by atoms with Gasteiger partial charge in [0.25, 0.3) is 11.7 Å². The molecule has 0 radical (unpaired) electrons. The van der Waals surface area contributed by atoms with Gasteiger partial charge in [0, 0.05) is 49.3 Å². The maximum absolute atomic E-state index is 13.3. The van der Waals surface area contributed by atoms with E-state index in [4.69, 9.17) is 9.47 Å². The molecule has 3 aliphatic heterocycles. The first-order valence-electron chi connectivity index (χ1n) is 13.3. The maximum atomic E-state index is 13.3. The van der Waals surface area contributed by atoms with Crippen LogP contribution in [-0.4, -0.2) is 105 Å². The minimum Gasteiger partial charge on any atom is -0.507 e. The molecule has 0 aromatic heterocycles. The SMILES string of the molecule is O=C1C(=O)N(CCCN2CCOCC2)[C@H](c2ccc(Br)cc2)C1=C(O)c1ccc(S(=O)(=O)N2CCOCC2)cc1. The molecule has 12 heteroatoms. The predicted molar refractivity (Wildman–Crippen MR) is 151 cm³/mol. The molecule has 1 N–H and O–H groups in total. The molecule has 2 aromatic carbocycles. The highest BCUT2D eigenvalue weighted by Crippen LogP contribution is 2.40. The number of morpholine rings is 2. The number of sulfonamides is 1. The normalized spacial score (nSPS) is 22.6. The van der Waals surface area contributed by atoms with Crippen LogP contribution in [0, 0.1) is 0 Å². The monoisotopic (exact) mass is 633 g/mol. The van der Waals surface area contributed by atoms with E-state index in [9.17, 15) is 23.1 Å². The Bertz CT molecular complexity index is 1370. The zero-order valence-electron chi connectivity index (χ0n) is 22.0. The van der Waals surface area contributed by atoms with Crippen molar-refractivity contribution in [3.05, 3.63) is 69.7 Å². The van der Waals surface area contributed by atoms with E-state index < -0.39 is 27.8 Å². The molecular weight excluding hydrogens is 602 g/mol.